The zero-order valence-electron chi connectivity index (χ0n) is 30.9. The molecule has 0 aliphatic heterocycles. The summed E-state index contributed by atoms with van der Waals surface area (Å²) in [6, 6.07) is 72.6. The number of pyridine rings is 3. The minimum atomic E-state index is 0.880. The van der Waals surface area contributed by atoms with Crippen LogP contribution < -0.4 is 4.90 Å². The maximum absolute atomic E-state index is 5.59. The molecule has 57 heavy (non-hydrogen) atoms. The zero-order chi connectivity index (χ0) is 37.7. The van der Waals surface area contributed by atoms with Crippen LogP contribution in [0.2, 0.25) is 0 Å². The van der Waals surface area contributed by atoms with Crippen molar-refractivity contribution in [3.05, 3.63) is 206 Å². The standard InChI is InChI=1S/C53H34N4/c1-5-15-35(16-6-1)45-31-28-37-25-26-38-29-32-46(55-53(38)52(37)54-45)40-27-30-44-47(33-40)56-51(36-17-7-2-8-18-36)50-48(34-39-19-13-14-24-43(39)49(44)50)57(41-20-9-3-10-21-41)42-22-11-4-12-23-42/h1-34H. The molecular formula is C53H34N4. The van der Waals surface area contributed by atoms with Crippen molar-refractivity contribution in [1.29, 1.82) is 0 Å². The summed E-state index contributed by atoms with van der Waals surface area (Å²) in [7, 11) is 0. The van der Waals surface area contributed by atoms with Gasteiger partial charge in [-0.15, -0.1) is 0 Å². The van der Waals surface area contributed by atoms with Gasteiger partial charge in [-0.1, -0.05) is 158 Å². The van der Waals surface area contributed by atoms with E-state index in [1.165, 1.54) is 10.8 Å². The Morgan fingerprint density at radius 2 is 0.860 bits per heavy atom. The van der Waals surface area contributed by atoms with Gasteiger partial charge in [0.15, 0.2) is 0 Å². The molecule has 11 rings (SSSR count). The number of fused-ring (bicyclic) bond motifs is 8. The van der Waals surface area contributed by atoms with Gasteiger partial charge in [0, 0.05) is 55.0 Å². The van der Waals surface area contributed by atoms with Crippen LogP contribution in [0.25, 0.3) is 88.0 Å². The Kier molecular flexibility index (Phi) is 7.78. The van der Waals surface area contributed by atoms with Crippen molar-refractivity contribution in [2.75, 3.05) is 4.90 Å². The Morgan fingerprint density at radius 3 is 1.49 bits per heavy atom. The van der Waals surface area contributed by atoms with Crippen LogP contribution in [0.5, 0.6) is 0 Å². The van der Waals surface area contributed by atoms with Crippen molar-refractivity contribution in [3.63, 3.8) is 0 Å². The molecule has 0 saturated carbocycles. The van der Waals surface area contributed by atoms with E-state index in [2.05, 4.69) is 193 Å². The Hall–Kier alpha value is -7.69. The second-order valence-electron chi connectivity index (χ2n) is 14.4. The highest BCUT2D eigenvalue weighted by Gasteiger charge is 2.23. The topological polar surface area (TPSA) is 41.9 Å². The molecule has 0 radical (unpaired) electrons. The van der Waals surface area contributed by atoms with Crippen molar-refractivity contribution >= 4 is 71.3 Å². The molecule has 3 heterocycles. The molecule has 4 heteroatoms. The molecule has 11 aromatic rings. The fraction of sp³-hybridized carbons (Fsp3) is 0. The lowest BCUT2D eigenvalue weighted by atomic mass is 9.92. The molecular weight excluding hydrogens is 693 g/mol. The molecule has 0 fully saturated rings. The van der Waals surface area contributed by atoms with Crippen LogP contribution >= 0.6 is 0 Å². The third-order valence-corrected chi connectivity index (χ3v) is 11.0. The second-order valence-corrected chi connectivity index (χ2v) is 14.4. The predicted molar refractivity (Wildman–Crippen MR) is 238 cm³/mol. The molecule has 0 aliphatic carbocycles. The first-order valence-electron chi connectivity index (χ1n) is 19.3. The maximum atomic E-state index is 5.59. The average Bonchev–Trinajstić information content (AvgIpc) is 3.29. The quantitative estimate of drug-likeness (QED) is 0.160. The van der Waals surface area contributed by atoms with E-state index >= 15 is 0 Å². The molecule has 0 atom stereocenters. The van der Waals surface area contributed by atoms with Gasteiger partial charge in [0.25, 0.3) is 0 Å². The number of aromatic nitrogens is 3. The van der Waals surface area contributed by atoms with Gasteiger partial charge < -0.3 is 4.90 Å². The average molecular weight is 727 g/mol. The Bertz CT molecular complexity index is 3240. The molecule has 0 N–H and O–H groups in total. The van der Waals surface area contributed by atoms with Crippen LogP contribution in [0, 0.1) is 0 Å². The smallest absolute Gasteiger partial charge is 0.0972 e. The molecule has 0 bridgehead atoms. The molecule has 0 saturated heterocycles. The summed E-state index contributed by atoms with van der Waals surface area (Å²) < 4.78 is 0. The lowest BCUT2D eigenvalue weighted by molar-refractivity contribution is 1.30. The van der Waals surface area contributed by atoms with Crippen LogP contribution in [-0.2, 0) is 0 Å². The van der Waals surface area contributed by atoms with Crippen LogP contribution in [0.15, 0.2) is 206 Å². The Morgan fingerprint density at radius 1 is 0.333 bits per heavy atom. The highest BCUT2D eigenvalue weighted by molar-refractivity contribution is 6.27. The first kappa shape index (κ1) is 32.7. The molecule has 0 spiro atoms. The largest absolute Gasteiger partial charge is 0.310 e. The van der Waals surface area contributed by atoms with Gasteiger partial charge in [-0.3, -0.25) is 0 Å². The molecule has 266 valence electrons. The fourth-order valence-corrected chi connectivity index (χ4v) is 8.28. The van der Waals surface area contributed by atoms with Gasteiger partial charge in [-0.25, -0.2) is 15.0 Å². The number of rotatable bonds is 6. The van der Waals surface area contributed by atoms with E-state index in [1.807, 2.05) is 18.2 Å². The Balaban J connectivity index is 1.18. The minimum Gasteiger partial charge on any atom is -0.310 e. The first-order chi connectivity index (χ1) is 28.3. The second kappa shape index (κ2) is 13.6. The van der Waals surface area contributed by atoms with E-state index in [-0.39, 0.29) is 0 Å². The number of benzene rings is 8. The van der Waals surface area contributed by atoms with Crippen molar-refractivity contribution in [2.24, 2.45) is 0 Å². The predicted octanol–water partition coefficient (Wildman–Crippen LogP) is 14.1. The number of hydrogen-bond donors (Lipinski definition) is 0. The summed E-state index contributed by atoms with van der Waals surface area (Å²) in [5, 5.41) is 7.83. The SMILES string of the molecule is c1ccc(-c2ccc3ccc4ccc(-c5ccc6c(c5)nc(-c5ccccc5)c5c(N(c7ccccc7)c7ccccc7)cc7ccccc7c56)nc4c3n2)cc1. The third kappa shape index (κ3) is 5.66. The van der Waals surface area contributed by atoms with Gasteiger partial charge in [0.05, 0.1) is 39.3 Å². The van der Waals surface area contributed by atoms with Gasteiger partial charge in [-0.05, 0) is 59.3 Å². The van der Waals surface area contributed by atoms with E-state index in [0.29, 0.717) is 0 Å². The number of anilines is 3. The molecule has 0 amide bonds. The van der Waals surface area contributed by atoms with Crippen LogP contribution in [0.1, 0.15) is 0 Å². The van der Waals surface area contributed by atoms with E-state index in [9.17, 15) is 0 Å². The van der Waals surface area contributed by atoms with Gasteiger partial charge in [0.2, 0.25) is 0 Å². The zero-order valence-corrected chi connectivity index (χ0v) is 30.9. The monoisotopic (exact) mass is 726 g/mol. The van der Waals surface area contributed by atoms with E-state index in [0.717, 1.165) is 94.3 Å². The first-order valence-corrected chi connectivity index (χ1v) is 19.3. The summed E-state index contributed by atoms with van der Waals surface area (Å²) in [5.41, 5.74) is 11.8. The Labute approximate surface area is 330 Å². The molecule has 4 nitrogen and oxygen atoms in total. The van der Waals surface area contributed by atoms with E-state index in [4.69, 9.17) is 15.0 Å². The van der Waals surface area contributed by atoms with Crippen molar-refractivity contribution < 1.29 is 0 Å². The summed E-state index contributed by atoms with van der Waals surface area (Å²) in [6.45, 7) is 0. The molecule has 8 aromatic carbocycles. The molecule has 3 aromatic heterocycles. The third-order valence-electron chi connectivity index (χ3n) is 11.0. The van der Waals surface area contributed by atoms with E-state index in [1.54, 1.807) is 0 Å². The summed E-state index contributed by atoms with van der Waals surface area (Å²) in [4.78, 5) is 18.4. The summed E-state index contributed by atoms with van der Waals surface area (Å²) >= 11 is 0. The van der Waals surface area contributed by atoms with Crippen LogP contribution in [0.3, 0.4) is 0 Å². The van der Waals surface area contributed by atoms with Crippen LogP contribution in [0.4, 0.5) is 17.1 Å². The number of nitrogens with zero attached hydrogens (tertiary/aromatic N) is 4. The summed E-state index contributed by atoms with van der Waals surface area (Å²) in [6.07, 6.45) is 0. The molecule has 0 unspecified atom stereocenters. The fourth-order valence-electron chi connectivity index (χ4n) is 8.28. The van der Waals surface area contributed by atoms with Crippen molar-refractivity contribution in [2.45, 2.75) is 0 Å². The van der Waals surface area contributed by atoms with Crippen molar-refractivity contribution in [1.82, 2.24) is 15.0 Å². The summed E-state index contributed by atoms with van der Waals surface area (Å²) in [5.74, 6) is 0. The van der Waals surface area contributed by atoms with Gasteiger partial charge >= 0.3 is 0 Å². The van der Waals surface area contributed by atoms with Crippen molar-refractivity contribution in [3.8, 4) is 33.8 Å². The highest BCUT2D eigenvalue weighted by Crippen LogP contribution is 2.47. The van der Waals surface area contributed by atoms with Crippen LogP contribution in [-0.4, -0.2) is 15.0 Å². The normalized spacial score (nSPS) is 11.5. The lowest BCUT2D eigenvalue weighted by Gasteiger charge is -2.28. The minimum absolute atomic E-state index is 0.880. The van der Waals surface area contributed by atoms with Gasteiger partial charge in [0.1, 0.15) is 0 Å². The highest BCUT2D eigenvalue weighted by atomic mass is 15.1. The van der Waals surface area contributed by atoms with E-state index < -0.39 is 0 Å². The number of hydrogen-bond acceptors (Lipinski definition) is 4. The molecule has 0 aliphatic rings. The van der Waals surface area contributed by atoms with Gasteiger partial charge in [-0.2, -0.15) is 0 Å². The lowest BCUT2D eigenvalue weighted by Crippen LogP contribution is -2.11. The number of para-hydroxylation sites is 2. The maximum Gasteiger partial charge on any atom is 0.0972 e.